The summed E-state index contributed by atoms with van der Waals surface area (Å²) in [6, 6.07) is 17.8. The van der Waals surface area contributed by atoms with Gasteiger partial charge in [-0.05, 0) is 32.0 Å². The van der Waals surface area contributed by atoms with E-state index in [2.05, 4.69) is 11.1 Å². The first-order chi connectivity index (χ1) is 11.1. The Morgan fingerprint density at radius 3 is 2.52 bits per heavy atom. The summed E-state index contributed by atoms with van der Waals surface area (Å²) in [5.74, 6) is 0.0688. The molecule has 1 aliphatic rings. The number of hydrogen-bond donors (Lipinski definition) is 0. The molecular weight excluding hydrogens is 284 g/mol. The van der Waals surface area contributed by atoms with E-state index in [4.69, 9.17) is 4.99 Å². The zero-order chi connectivity index (χ0) is 16.0. The first kappa shape index (κ1) is 13.8. The molecule has 1 aromatic heterocycles. The Bertz CT molecular complexity index is 970. The number of nitrogens with zero attached hydrogens (tertiary/aromatic N) is 2. The molecule has 2 aromatic carbocycles. The molecule has 0 saturated heterocycles. The number of aliphatic imine (C=N–C) groups is 1. The molecule has 23 heavy (non-hydrogen) atoms. The van der Waals surface area contributed by atoms with Crippen LogP contribution in [0.1, 0.15) is 35.3 Å². The van der Waals surface area contributed by atoms with Gasteiger partial charge in [0.2, 0.25) is 0 Å². The number of hydrogen-bond acceptors (Lipinski definition) is 3. The molecule has 3 nitrogen and oxygen atoms in total. The lowest BCUT2D eigenvalue weighted by Gasteiger charge is -2.27. The average molecular weight is 300 g/mol. The first-order valence-electron chi connectivity index (χ1n) is 7.65. The molecule has 0 aliphatic carbocycles. The van der Waals surface area contributed by atoms with Crippen molar-refractivity contribution in [2.75, 3.05) is 0 Å². The molecule has 0 fully saturated rings. The van der Waals surface area contributed by atoms with Gasteiger partial charge in [0.1, 0.15) is 5.54 Å². The van der Waals surface area contributed by atoms with Gasteiger partial charge >= 0.3 is 0 Å². The van der Waals surface area contributed by atoms with Crippen LogP contribution in [0.2, 0.25) is 0 Å². The highest BCUT2D eigenvalue weighted by Gasteiger charge is 2.35. The number of ketones is 1. The Morgan fingerprint density at radius 2 is 1.70 bits per heavy atom. The monoisotopic (exact) mass is 300 g/mol. The molecule has 0 radical (unpaired) electrons. The third-order valence-corrected chi connectivity index (χ3v) is 4.25. The molecule has 0 amide bonds. The van der Waals surface area contributed by atoms with Gasteiger partial charge in [0, 0.05) is 28.3 Å². The Kier molecular flexibility index (Phi) is 2.91. The van der Waals surface area contributed by atoms with Crippen LogP contribution in [-0.2, 0) is 0 Å². The van der Waals surface area contributed by atoms with Crippen LogP contribution < -0.4 is 0 Å². The van der Waals surface area contributed by atoms with Gasteiger partial charge in [0.15, 0.2) is 5.78 Å². The lowest BCUT2D eigenvalue weighted by atomic mass is 9.83. The SMILES string of the molecule is CC1(C)N=C(c2ccc3ncccc3c2)c2ccccc2C1=O. The second-order valence-electron chi connectivity index (χ2n) is 6.31. The van der Waals surface area contributed by atoms with Crippen molar-refractivity contribution < 1.29 is 4.79 Å². The van der Waals surface area contributed by atoms with Crippen LogP contribution in [-0.4, -0.2) is 22.0 Å². The zero-order valence-corrected chi connectivity index (χ0v) is 13.1. The van der Waals surface area contributed by atoms with E-state index in [1.165, 1.54) is 0 Å². The van der Waals surface area contributed by atoms with Crippen LogP contribution in [0.5, 0.6) is 0 Å². The normalized spacial score (nSPS) is 16.1. The van der Waals surface area contributed by atoms with Crippen LogP contribution >= 0.6 is 0 Å². The summed E-state index contributed by atoms with van der Waals surface area (Å²) in [6.07, 6.45) is 1.79. The minimum absolute atomic E-state index is 0.0688. The fourth-order valence-electron chi connectivity index (χ4n) is 3.05. The van der Waals surface area contributed by atoms with E-state index in [9.17, 15) is 4.79 Å². The fraction of sp³-hybridized carbons (Fsp3) is 0.150. The summed E-state index contributed by atoms with van der Waals surface area (Å²) in [7, 11) is 0. The number of pyridine rings is 1. The second kappa shape index (κ2) is 4.85. The summed E-state index contributed by atoms with van der Waals surface area (Å²) >= 11 is 0. The predicted molar refractivity (Wildman–Crippen MR) is 92.2 cm³/mol. The quantitative estimate of drug-likeness (QED) is 0.680. The Balaban J connectivity index is 1.97. The van der Waals surface area contributed by atoms with Gasteiger partial charge in [-0.15, -0.1) is 0 Å². The van der Waals surface area contributed by atoms with Gasteiger partial charge in [0.05, 0.1) is 11.2 Å². The maximum Gasteiger partial charge on any atom is 0.190 e. The molecule has 112 valence electrons. The number of rotatable bonds is 1. The van der Waals surface area contributed by atoms with Crippen molar-refractivity contribution in [3.05, 3.63) is 77.5 Å². The smallest absolute Gasteiger partial charge is 0.190 e. The van der Waals surface area contributed by atoms with Crippen molar-refractivity contribution in [3.8, 4) is 0 Å². The molecule has 2 heterocycles. The minimum Gasteiger partial charge on any atom is -0.291 e. The minimum atomic E-state index is -0.742. The number of carbonyl (C=O) groups excluding carboxylic acids is 1. The van der Waals surface area contributed by atoms with Gasteiger partial charge in [-0.2, -0.15) is 0 Å². The number of benzene rings is 2. The summed E-state index contributed by atoms with van der Waals surface area (Å²) in [5.41, 5.74) is 3.74. The molecule has 0 bridgehead atoms. The van der Waals surface area contributed by atoms with Crippen molar-refractivity contribution >= 4 is 22.4 Å². The highest BCUT2D eigenvalue weighted by Crippen LogP contribution is 2.30. The second-order valence-corrected chi connectivity index (χ2v) is 6.31. The average Bonchev–Trinajstić information content (AvgIpc) is 2.58. The fourth-order valence-corrected chi connectivity index (χ4v) is 3.05. The van der Waals surface area contributed by atoms with E-state index >= 15 is 0 Å². The van der Waals surface area contributed by atoms with E-state index in [1.807, 2.05) is 62.4 Å². The molecule has 3 heteroatoms. The van der Waals surface area contributed by atoms with E-state index in [0.29, 0.717) is 0 Å². The van der Waals surface area contributed by atoms with Gasteiger partial charge in [-0.3, -0.25) is 14.8 Å². The van der Waals surface area contributed by atoms with Gasteiger partial charge in [-0.1, -0.05) is 36.4 Å². The number of fused-ring (bicyclic) bond motifs is 2. The largest absolute Gasteiger partial charge is 0.291 e. The number of carbonyl (C=O) groups is 1. The standard InChI is InChI=1S/C20H16N2O/c1-20(2)19(23)16-8-4-3-7-15(16)18(22-20)14-9-10-17-13(12-14)6-5-11-21-17/h3-12H,1-2H3. The highest BCUT2D eigenvalue weighted by atomic mass is 16.1. The van der Waals surface area contributed by atoms with Crippen LogP contribution in [0.15, 0.2) is 65.8 Å². The molecule has 3 aromatic rings. The third-order valence-electron chi connectivity index (χ3n) is 4.25. The number of aromatic nitrogens is 1. The van der Waals surface area contributed by atoms with Gasteiger partial charge in [0.25, 0.3) is 0 Å². The molecule has 0 unspecified atom stereocenters. The van der Waals surface area contributed by atoms with Crippen LogP contribution in [0.4, 0.5) is 0 Å². The Morgan fingerprint density at radius 1 is 0.913 bits per heavy atom. The van der Waals surface area contributed by atoms with Crippen molar-refractivity contribution in [1.82, 2.24) is 4.98 Å². The number of Topliss-reactive ketones (excluding diaryl/α,β-unsaturated/α-hetero) is 1. The summed E-state index contributed by atoms with van der Waals surface area (Å²) in [6.45, 7) is 3.74. The Labute approximate surface area is 134 Å². The molecule has 0 spiro atoms. The Hall–Kier alpha value is -2.81. The highest BCUT2D eigenvalue weighted by molar-refractivity contribution is 6.24. The predicted octanol–water partition coefficient (Wildman–Crippen LogP) is 4.05. The van der Waals surface area contributed by atoms with E-state index < -0.39 is 5.54 Å². The van der Waals surface area contributed by atoms with Crippen molar-refractivity contribution in [2.24, 2.45) is 4.99 Å². The van der Waals surface area contributed by atoms with E-state index in [1.54, 1.807) is 6.20 Å². The molecule has 4 rings (SSSR count). The maximum atomic E-state index is 12.6. The summed E-state index contributed by atoms with van der Waals surface area (Å²) in [4.78, 5) is 21.7. The molecule has 0 saturated carbocycles. The molecule has 1 aliphatic heterocycles. The zero-order valence-electron chi connectivity index (χ0n) is 13.1. The maximum absolute atomic E-state index is 12.6. The van der Waals surface area contributed by atoms with Crippen molar-refractivity contribution in [2.45, 2.75) is 19.4 Å². The summed E-state index contributed by atoms with van der Waals surface area (Å²) in [5, 5.41) is 1.07. The van der Waals surface area contributed by atoms with E-state index in [0.717, 1.165) is 33.3 Å². The molecular formula is C20H16N2O. The van der Waals surface area contributed by atoms with E-state index in [-0.39, 0.29) is 5.78 Å². The van der Waals surface area contributed by atoms with Crippen LogP contribution in [0.25, 0.3) is 10.9 Å². The topological polar surface area (TPSA) is 42.3 Å². The molecule has 0 atom stereocenters. The third kappa shape index (κ3) is 2.16. The lowest BCUT2D eigenvalue weighted by molar-refractivity contribution is 0.0912. The van der Waals surface area contributed by atoms with Gasteiger partial charge < -0.3 is 0 Å². The molecule has 0 N–H and O–H groups in total. The lowest BCUT2D eigenvalue weighted by Crippen LogP contribution is -2.36. The van der Waals surface area contributed by atoms with Crippen molar-refractivity contribution in [3.63, 3.8) is 0 Å². The van der Waals surface area contributed by atoms with Crippen LogP contribution in [0.3, 0.4) is 0 Å². The van der Waals surface area contributed by atoms with Crippen molar-refractivity contribution in [1.29, 1.82) is 0 Å². The first-order valence-corrected chi connectivity index (χ1v) is 7.65. The van der Waals surface area contributed by atoms with Gasteiger partial charge in [-0.25, -0.2) is 0 Å². The van der Waals surface area contributed by atoms with Crippen LogP contribution in [0, 0.1) is 0 Å². The summed E-state index contributed by atoms with van der Waals surface area (Å²) < 4.78 is 0.